The summed E-state index contributed by atoms with van der Waals surface area (Å²) >= 11 is 0. The number of carbonyl (C=O) groups is 1. The molecule has 0 amide bonds. The van der Waals surface area contributed by atoms with Gasteiger partial charge in [0.2, 0.25) is 0 Å². The van der Waals surface area contributed by atoms with Crippen LogP contribution in [0.3, 0.4) is 0 Å². The fraction of sp³-hybridized carbons (Fsp3) is 0.133. The molecule has 0 saturated heterocycles. The van der Waals surface area contributed by atoms with E-state index in [1.54, 1.807) is 6.07 Å². The van der Waals surface area contributed by atoms with Gasteiger partial charge in [0.15, 0.2) is 0 Å². The number of carboxylic acid groups (broad SMARTS) is 1. The molecule has 0 bridgehead atoms. The summed E-state index contributed by atoms with van der Waals surface area (Å²) in [6.45, 7) is 0. The van der Waals surface area contributed by atoms with Crippen LogP contribution >= 0.6 is 0 Å². The van der Waals surface area contributed by atoms with Crippen LogP contribution < -0.4 is 10.8 Å². The number of carboxylic acids is 1. The highest BCUT2D eigenvalue weighted by Crippen LogP contribution is 2.31. The lowest BCUT2D eigenvalue weighted by Crippen LogP contribution is -2.25. The quantitative estimate of drug-likeness (QED) is 0.824. The largest absolute Gasteiger partial charge is 0.550 e. The van der Waals surface area contributed by atoms with E-state index in [0.717, 1.165) is 11.1 Å². The molecule has 0 heterocycles. The van der Waals surface area contributed by atoms with E-state index in [1.807, 2.05) is 48.5 Å². The summed E-state index contributed by atoms with van der Waals surface area (Å²) in [7, 11) is 0. The number of benzene rings is 2. The van der Waals surface area contributed by atoms with Crippen LogP contribution in [0.15, 0.2) is 54.6 Å². The van der Waals surface area contributed by atoms with Gasteiger partial charge in [0.05, 0.1) is 0 Å². The Balaban J connectivity index is 2.44. The third kappa shape index (κ3) is 2.69. The van der Waals surface area contributed by atoms with Gasteiger partial charge in [-0.25, -0.2) is 0 Å². The van der Waals surface area contributed by atoms with Gasteiger partial charge in [-0.1, -0.05) is 48.5 Å². The van der Waals surface area contributed by atoms with Crippen molar-refractivity contribution in [1.29, 1.82) is 0 Å². The Bertz CT molecular complexity index is 537. The van der Waals surface area contributed by atoms with Crippen molar-refractivity contribution in [3.8, 4) is 0 Å². The van der Waals surface area contributed by atoms with Crippen LogP contribution in [0, 0.1) is 0 Å². The Morgan fingerprint density at radius 2 is 1.67 bits per heavy atom. The molecule has 0 radical (unpaired) electrons. The molecule has 2 N–H and O–H groups in total. The van der Waals surface area contributed by atoms with E-state index < -0.39 is 5.97 Å². The van der Waals surface area contributed by atoms with Gasteiger partial charge in [-0.3, -0.25) is 0 Å². The first-order valence-electron chi connectivity index (χ1n) is 5.77. The van der Waals surface area contributed by atoms with Gasteiger partial charge in [0, 0.05) is 17.6 Å². The zero-order valence-corrected chi connectivity index (χ0v) is 9.87. The molecule has 2 aromatic rings. The summed E-state index contributed by atoms with van der Waals surface area (Å²) in [6, 6.07) is 16.8. The fourth-order valence-electron chi connectivity index (χ4n) is 2.09. The van der Waals surface area contributed by atoms with E-state index in [2.05, 4.69) is 0 Å². The zero-order valence-electron chi connectivity index (χ0n) is 9.87. The van der Waals surface area contributed by atoms with Gasteiger partial charge < -0.3 is 15.6 Å². The number of aliphatic carboxylic acids is 1. The van der Waals surface area contributed by atoms with Crippen LogP contribution in [0.4, 0.5) is 5.69 Å². The maximum absolute atomic E-state index is 10.9. The van der Waals surface area contributed by atoms with Crippen molar-refractivity contribution in [3.05, 3.63) is 65.7 Å². The van der Waals surface area contributed by atoms with Gasteiger partial charge in [-0.15, -0.1) is 0 Å². The highest BCUT2D eigenvalue weighted by atomic mass is 16.4. The highest BCUT2D eigenvalue weighted by Gasteiger charge is 2.16. The first-order chi connectivity index (χ1) is 8.68. The molecule has 3 heteroatoms. The Hall–Kier alpha value is -2.29. The number of anilines is 1. The second-order valence-electron chi connectivity index (χ2n) is 4.17. The smallest absolute Gasteiger partial charge is 0.0423 e. The molecule has 1 atom stereocenters. The van der Waals surface area contributed by atoms with Crippen LogP contribution in [0.25, 0.3) is 0 Å². The number of carbonyl (C=O) groups excluding carboxylic acids is 1. The molecule has 0 saturated carbocycles. The molecule has 0 aliphatic rings. The third-order valence-corrected chi connectivity index (χ3v) is 2.94. The summed E-state index contributed by atoms with van der Waals surface area (Å²) in [6.07, 6.45) is -0.0712. The summed E-state index contributed by atoms with van der Waals surface area (Å²) in [5.74, 6) is -1.34. The predicted octanol–water partition coefficient (Wildman–Crippen LogP) is 1.54. The Morgan fingerprint density at radius 1 is 1.06 bits per heavy atom. The molecule has 0 spiro atoms. The maximum Gasteiger partial charge on any atom is 0.0423 e. The van der Waals surface area contributed by atoms with E-state index in [0.29, 0.717) is 5.69 Å². The minimum Gasteiger partial charge on any atom is -0.550 e. The molecule has 0 aliphatic heterocycles. The fourth-order valence-corrected chi connectivity index (χ4v) is 2.09. The van der Waals surface area contributed by atoms with Gasteiger partial charge in [0.1, 0.15) is 0 Å². The van der Waals surface area contributed by atoms with Crippen LogP contribution in [0.5, 0.6) is 0 Å². The first kappa shape index (κ1) is 12.2. The average Bonchev–Trinajstić information content (AvgIpc) is 2.38. The molecule has 92 valence electrons. The Morgan fingerprint density at radius 3 is 2.28 bits per heavy atom. The van der Waals surface area contributed by atoms with E-state index >= 15 is 0 Å². The van der Waals surface area contributed by atoms with Crippen molar-refractivity contribution in [2.45, 2.75) is 12.3 Å². The summed E-state index contributed by atoms with van der Waals surface area (Å²) in [5.41, 5.74) is 8.28. The van der Waals surface area contributed by atoms with Crippen molar-refractivity contribution in [1.82, 2.24) is 0 Å². The van der Waals surface area contributed by atoms with Crippen molar-refractivity contribution in [2.75, 3.05) is 5.73 Å². The number of nitrogen functional groups attached to an aromatic ring is 1. The lowest BCUT2D eigenvalue weighted by atomic mass is 9.87. The van der Waals surface area contributed by atoms with Crippen LogP contribution in [-0.4, -0.2) is 5.97 Å². The van der Waals surface area contributed by atoms with Crippen LogP contribution in [0.2, 0.25) is 0 Å². The summed E-state index contributed by atoms with van der Waals surface area (Å²) in [5, 5.41) is 10.9. The van der Waals surface area contributed by atoms with Gasteiger partial charge >= 0.3 is 0 Å². The number of rotatable bonds is 4. The Labute approximate surface area is 106 Å². The minimum absolute atomic E-state index is 0.0712. The van der Waals surface area contributed by atoms with Crippen LogP contribution in [0.1, 0.15) is 23.5 Å². The highest BCUT2D eigenvalue weighted by molar-refractivity contribution is 5.68. The first-order valence-corrected chi connectivity index (χ1v) is 5.77. The second kappa shape index (κ2) is 5.36. The molecule has 1 unspecified atom stereocenters. The molecule has 2 aromatic carbocycles. The molecule has 18 heavy (non-hydrogen) atoms. The number of nitrogens with two attached hydrogens (primary N) is 1. The van der Waals surface area contributed by atoms with Crippen molar-refractivity contribution in [3.63, 3.8) is 0 Å². The summed E-state index contributed by atoms with van der Waals surface area (Å²) < 4.78 is 0. The standard InChI is InChI=1S/C15H15NO2/c16-14-9-5-4-8-12(14)13(10-15(17)18)11-6-2-1-3-7-11/h1-9,13H,10,16H2,(H,17,18)/p-1. The van der Waals surface area contributed by atoms with E-state index in [4.69, 9.17) is 5.73 Å². The second-order valence-corrected chi connectivity index (χ2v) is 4.17. The summed E-state index contributed by atoms with van der Waals surface area (Å²) in [4.78, 5) is 10.9. The van der Waals surface area contributed by atoms with E-state index in [-0.39, 0.29) is 12.3 Å². The van der Waals surface area contributed by atoms with Crippen molar-refractivity contribution < 1.29 is 9.90 Å². The lowest BCUT2D eigenvalue weighted by Gasteiger charge is -2.20. The predicted molar refractivity (Wildman–Crippen MR) is 68.8 cm³/mol. The molecule has 0 aliphatic carbocycles. The number of hydrogen-bond donors (Lipinski definition) is 1. The minimum atomic E-state index is -1.08. The monoisotopic (exact) mass is 240 g/mol. The zero-order chi connectivity index (χ0) is 13.0. The lowest BCUT2D eigenvalue weighted by molar-refractivity contribution is -0.305. The third-order valence-electron chi connectivity index (χ3n) is 2.94. The maximum atomic E-state index is 10.9. The van der Waals surface area contributed by atoms with Gasteiger partial charge in [-0.05, 0) is 23.6 Å². The SMILES string of the molecule is Nc1ccccc1C(CC(=O)[O-])c1ccccc1. The van der Waals surface area contributed by atoms with Crippen molar-refractivity contribution in [2.24, 2.45) is 0 Å². The van der Waals surface area contributed by atoms with E-state index in [1.165, 1.54) is 0 Å². The Kier molecular flexibility index (Phi) is 3.63. The van der Waals surface area contributed by atoms with Gasteiger partial charge in [0.25, 0.3) is 0 Å². The number of para-hydroxylation sites is 1. The van der Waals surface area contributed by atoms with Gasteiger partial charge in [-0.2, -0.15) is 0 Å². The van der Waals surface area contributed by atoms with Crippen LogP contribution in [-0.2, 0) is 4.79 Å². The molecule has 2 rings (SSSR count). The molecular formula is C15H14NO2-. The van der Waals surface area contributed by atoms with Crippen molar-refractivity contribution >= 4 is 11.7 Å². The number of hydrogen-bond acceptors (Lipinski definition) is 3. The molecule has 0 fully saturated rings. The molecular weight excluding hydrogens is 226 g/mol. The molecule has 0 aromatic heterocycles. The van der Waals surface area contributed by atoms with E-state index in [9.17, 15) is 9.90 Å². The average molecular weight is 240 g/mol. The topological polar surface area (TPSA) is 66.2 Å². The normalized spacial score (nSPS) is 12.0. The molecule has 3 nitrogen and oxygen atoms in total.